The van der Waals surface area contributed by atoms with Crippen molar-refractivity contribution in [3.8, 4) is 0 Å². The van der Waals surface area contributed by atoms with Gasteiger partial charge in [-0.15, -0.1) is 0 Å². The minimum atomic E-state index is -0.429. The van der Waals surface area contributed by atoms with E-state index in [4.69, 9.17) is 0 Å². The molecule has 1 aromatic heterocycles. The normalized spacial score (nSPS) is 18.3. The minimum absolute atomic E-state index is 0.174. The van der Waals surface area contributed by atoms with Crippen molar-refractivity contribution in [2.45, 2.75) is 38.1 Å². The molecule has 0 amide bonds. The monoisotopic (exact) mass is 195 g/mol. The molecule has 14 heavy (non-hydrogen) atoms. The fraction of sp³-hybridized carbons (Fsp3) is 0.667. The van der Waals surface area contributed by atoms with Crippen LogP contribution in [0.25, 0.3) is 0 Å². The zero-order valence-corrected chi connectivity index (χ0v) is 7.90. The molecule has 1 N–H and O–H groups in total. The van der Waals surface area contributed by atoms with Gasteiger partial charge in [0.2, 0.25) is 0 Å². The molecule has 0 aliphatic heterocycles. The largest absolute Gasteiger partial charge is 0.345 e. The van der Waals surface area contributed by atoms with Gasteiger partial charge in [0.25, 0.3) is 5.56 Å². The molecule has 5 nitrogen and oxygen atoms in total. The summed E-state index contributed by atoms with van der Waals surface area (Å²) in [7, 11) is 0. The van der Waals surface area contributed by atoms with E-state index in [-0.39, 0.29) is 11.7 Å². The first-order valence-corrected chi connectivity index (χ1v) is 4.95. The van der Waals surface area contributed by atoms with Crippen molar-refractivity contribution in [3.63, 3.8) is 0 Å². The van der Waals surface area contributed by atoms with Crippen molar-refractivity contribution < 1.29 is 0 Å². The van der Waals surface area contributed by atoms with Gasteiger partial charge in [-0.1, -0.05) is 19.3 Å². The Bertz CT molecular complexity index is 415. The lowest BCUT2D eigenvalue weighted by Gasteiger charge is -2.21. The topological polar surface area (TPSA) is 67.8 Å². The summed E-state index contributed by atoms with van der Waals surface area (Å²) < 4.78 is 1.40. The van der Waals surface area contributed by atoms with Gasteiger partial charge in [-0.25, -0.2) is 9.48 Å². The number of rotatable bonds is 1. The van der Waals surface area contributed by atoms with E-state index in [1.165, 1.54) is 11.1 Å². The number of aromatic amines is 1. The smallest absolute Gasteiger partial charge is 0.271 e. The predicted octanol–water partition coefficient (Wildman–Crippen LogP) is 0.437. The molecular weight excluding hydrogens is 182 g/mol. The summed E-state index contributed by atoms with van der Waals surface area (Å²) in [5.41, 5.74) is -0.813. The number of hydrogen-bond acceptors (Lipinski definition) is 3. The summed E-state index contributed by atoms with van der Waals surface area (Å²) in [5.74, 6) is 0. The lowest BCUT2D eigenvalue weighted by molar-refractivity contribution is 0.313. The highest BCUT2D eigenvalue weighted by atomic mass is 16.2. The Balaban J connectivity index is 2.31. The van der Waals surface area contributed by atoms with Crippen LogP contribution in [-0.2, 0) is 0 Å². The van der Waals surface area contributed by atoms with Crippen molar-refractivity contribution in [1.29, 1.82) is 0 Å². The van der Waals surface area contributed by atoms with E-state index in [0.29, 0.717) is 0 Å². The average Bonchev–Trinajstić information content (AvgIpc) is 2.19. The van der Waals surface area contributed by atoms with Crippen LogP contribution < -0.4 is 11.2 Å². The molecule has 0 aromatic carbocycles. The molecule has 0 unspecified atom stereocenters. The van der Waals surface area contributed by atoms with Gasteiger partial charge >= 0.3 is 5.69 Å². The molecule has 2 rings (SSSR count). The van der Waals surface area contributed by atoms with Crippen molar-refractivity contribution in [3.05, 3.63) is 27.0 Å². The lowest BCUT2D eigenvalue weighted by Crippen LogP contribution is -2.34. The van der Waals surface area contributed by atoms with E-state index in [2.05, 4.69) is 10.1 Å². The SMILES string of the molecule is O=c1cnn(C2CCCCC2)c(=O)[nH]1. The van der Waals surface area contributed by atoms with Crippen molar-refractivity contribution in [2.75, 3.05) is 0 Å². The van der Waals surface area contributed by atoms with Gasteiger partial charge in [-0.2, -0.15) is 5.10 Å². The third-order valence-corrected chi connectivity index (χ3v) is 2.66. The number of H-pyrrole nitrogens is 1. The maximum Gasteiger partial charge on any atom is 0.345 e. The standard InChI is InChI=1S/C9H13N3O2/c13-8-6-10-12(9(14)11-8)7-4-2-1-3-5-7/h6-7H,1-5H2,(H,11,13,14). The van der Waals surface area contributed by atoms with E-state index in [9.17, 15) is 9.59 Å². The number of hydrogen-bond donors (Lipinski definition) is 1. The van der Waals surface area contributed by atoms with Crippen LogP contribution in [0.1, 0.15) is 38.1 Å². The fourth-order valence-corrected chi connectivity index (χ4v) is 1.95. The summed E-state index contributed by atoms with van der Waals surface area (Å²) in [5, 5.41) is 3.86. The fourth-order valence-electron chi connectivity index (χ4n) is 1.95. The molecule has 0 radical (unpaired) electrons. The predicted molar refractivity (Wildman–Crippen MR) is 51.2 cm³/mol. The van der Waals surface area contributed by atoms with Crippen LogP contribution in [0.4, 0.5) is 0 Å². The molecule has 1 aromatic rings. The van der Waals surface area contributed by atoms with Crippen LogP contribution in [0.2, 0.25) is 0 Å². The Kier molecular flexibility index (Phi) is 2.47. The molecule has 0 spiro atoms. The third kappa shape index (κ3) is 1.76. The van der Waals surface area contributed by atoms with E-state index >= 15 is 0 Å². The first-order chi connectivity index (χ1) is 6.77. The molecule has 1 aliphatic rings. The van der Waals surface area contributed by atoms with Gasteiger partial charge in [0.1, 0.15) is 6.20 Å². The van der Waals surface area contributed by atoms with Gasteiger partial charge < -0.3 is 0 Å². The molecule has 0 bridgehead atoms. The third-order valence-electron chi connectivity index (χ3n) is 2.66. The van der Waals surface area contributed by atoms with Crippen LogP contribution >= 0.6 is 0 Å². The molecule has 1 aliphatic carbocycles. The Morgan fingerprint density at radius 3 is 2.64 bits per heavy atom. The van der Waals surface area contributed by atoms with E-state index in [0.717, 1.165) is 31.9 Å². The van der Waals surface area contributed by atoms with E-state index in [1.807, 2.05) is 0 Å². The first-order valence-electron chi connectivity index (χ1n) is 4.95. The van der Waals surface area contributed by atoms with Gasteiger partial charge in [0.05, 0.1) is 6.04 Å². The number of nitrogens with one attached hydrogen (secondary N) is 1. The van der Waals surface area contributed by atoms with Crippen LogP contribution in [0.5, 0.6) is 0 Å². The summed E-state index contributed by atoms with van der Waals surface area (Å²) in [6.07, 6.45) is 6.64. The number of aromatic nitrogens is 3. The second-order valence-corrected chi connectivity index (χ2v) is 3.68. The Labute approximate surface area is 80.8 Å². The highest BCUT2D eigenvalue weighted by molar-refractivity contribution is 4.76. The van der Waals surface area contributed by atoms with Crippen LogP contribution in [0, 0.1) is 0 Å². The molecule has 5 heteroatoms. The van der Waals surface area contributed by atoms with E-state index < -0.39 is 5.56 Å². The molecule has 76 valence electrons. The van der Waals surface area contributed by atoms with Crippen LogP contribution in [0.15, 0.2) is 15.8 Å². The molecule has 1 heterocycles. The highest BCUT2D eigenvalue weighted by Gasteiger charge is 2.17. The Morgan fingerprint density at radius 2 is 2.00 bits per heavy atom. The summed E-state index contributed by atoms with van der Waals surface area (Å²) >= 11 is 0. The summed E-state index contributed by atoms with van der Waals surface area (Å²) in [4.78, 5) is 24.4. The quantitative estimate of drug-likeness (QED) is 0.706. The van der Waals surface area contributed by atoms with Gasteiger partial charge in [0.15, 0.2) is 0 Å². The zero-order valence-electron chi connectivity index (χ0n) is 7.90. The van der Waals surface area contributed by atoms with Gasteiger partial charge in [-0.05, 0) is 12.8 Å². The zero-order chi connectivity index (χ0) is 9.97. The van der Waals surface area contributed by atoms with Crippen molar-refractivity contribution >= 4 is 0 Å². The molecule has 1 fully saturated rings. The Hall–Kier alpha value is -1.39. The lowest BCUT2D eigenvalue weighted by atomic mass is 9.96. The van der Waals surface area contributed by atoms with Crippen LogP contribution in [-0.4, -0.2) is 14.8 Å². The van der Waals surface area contributed by atoms with Crippen LogP contribution in [0.3, 0.4) is 0 Å². The maximum absolute atomic E-state index is 11.4. The highest BCUT2D eigenvalue weighted by Crippen LogP contribution is 2.25. The average molecular weight is 195 g/mol. The first kappa shape index (κ1) is 9.18. The Morgan fingerprint density at radius 1 is 1.29 bits per heavy atom. The second-order valence-electron chi connectivity index (χ2n) is 3.68. The minimum Gasteiger partial charge on any atom is -0.271 e. The maximum atomic E-state index is 11.4. The molecule has 0 saturated heterocycles. The second kappa shape index (κ2) is 3.77. The van der Waals surface area contributed by atoms with Crippen molar-refractivity contribution in [1.82, 2.24) is 14.8 Å². The number of nitrogens with zero attached hydrogens (tertiary/aromatic N) is 2. The van der Waals surface area contributed by atoms with Gasteiger partial charge in [0, 0.05) is 0 Å². The molecule has 1 saturated carbocycles. The molecular formula is C9H13N3O2. The van der Waals surface area contributed by atoms with Crippen molar-refractivity contribution in [2.24, 2.45) is 0 Å². The van der Waals surface area contributed by atoms with Gasteiger partial charge in [-0.3, -0.25) is 9.78 Å². The molecule has 0 atom stereocenters. The summed E-state index contributed by atoms with van der Waals surface area (Å²) in [6.45, 7) is 0. The van der Waals surface area contributed by atoms with E-state index in [1.54, 1.807) is 0 Å². The summed E-state index contributed by atoms with van der Waals surface area (Å²) in [6, 6.07) is 0.174.